The van der Waals surface area contributed by atoms with Crippen LogP contribution in [0.15, 0.2) is 29.2 Å². The lowest BCUT2D eigenvalue weighted by atomic mass is 9.93. The van der Waals surface area contributed by atoms with Crippen LogP contribution < -0.4 is 5.32 Å². The van der Waals surface area contributed by atoms with E-state index in [1.165, 1.54) is 16.2 Å². The van der Waals surface area contributed by atoms with Crippen molar-refractivity contribution in [3.05, 3.63) is 29.8 Å². The Balaban J connectivity index is 1.65. The largest absolute Gasteiger partial charge is 0.377 e. The van der Waals surface area contributed by atoms with Crippen LogP contribution in [0.1, 0.15) is 31.7 Å². The maximum Gasteiger partial charge on any atom is 0.0726 e. The number of ether oxygens (including phenoxy) is 1. The first-order valence-corrected chi connectivity index (χ1v) is 7.76. The first kappa shape index (κ1) is 12.5. The zero-order valence-corrected chi connectivity index (χ0v) is 11.9. The van der Waals surface area contributed by atoms with E-state index in [4.69, 9.17) is 4.74 Å². The van der Waals surface area contributed by atoms with E-state index >= 15 is 0 Å². The van der Waals surface area contributed by atoms with Gasteiger partial charge in [-0.1, -0.05) is 18.2 Å². The highest BCUT2D eigenvalue weighted by Crippen LogP contribution is 2.39. The molecular formula is C15H21NOS. The van der Waals surface area contributed by atoms with Crippen LogP contribution in [-0.4, -0.2) is 30.5 Å². The Morgan fingerprint density at radius 3 is 3.06 bits per heavy atom. The monoisotopic (exact) mass is 263 g/mol. The first-order chi connectivity index (χ1) is 8.69. The lowest BCUT2D eigenvalue weighted by molar-refractivity contribution is 0.0884. The molecule has 0 amide bonds. The van der Waals surface area contributed by atoms with Crippen LogP contribution in [0.2, 0.25) is 0 Å². The van der Waals surface area contributed by atoms with E-state index in [1.54, 1.807) is 0 Å². The van der Waals surface area contributed by atoms with Gasteiger partial charge in [0.05, 0.1) is 6.10 Å². The molecule has 0 aliphatic carbocycles. The molecule has 1 aromatic carbocycles. The fraction of sp³-hybridized carbons (Fsp3) is 0.600. The molecule has 2 nitrogen and oxygen atoms in total. The van der Waals surface area contributed by atoms with Crippen LogP contribution >= 0.6 is 11.8 Å². The van der Waals surface area contributed by atoms with Gasteiger partial charge >= 0.3 is 0 Å². The summed E-state index contributed by atoms with van der Waals surface area (Å²) in [6.45, 7) is 6.42. The molecule has 0 saturated carbocycles. The fourth-order valence-electron chi connectivity index (χ4n) is 2.82. The molecule has 98 valence electrons. The molecule has 0 radical (unpaired) electrons. The highest BCUT2D eigenvalue weighted by Gasteiger charge is 2.37. The van der Waals surface area contributed by atoms with Crippen LogP contribution in [0.4, 0.5) is 0 Å². The summed E-state index contributed by atoms with van der Waals surface area (Å²) in [6.07, 6.45) is 1.44. The van der Waals surface area contributed by atoms with E-state index in [-0.39, 0.29) is 5.54 Å². The second-order valence-electron chi connectivity index (χ2n) is 5.61. The molecule has 2 heterocycles. The lowest BCUT2D eigenvalue weighted by Gasteiger charge is -2.30. The number of hydrogen-bond donors (Lipinski definition) is 1. The smallest absolute Gasteiger partial charge is 0.0726 e. The summed E-state index contributed by atoms with van der Waals surface area (Å²) in [5.74, 6) is 1.85. The topological polar surface area (TPSA) is 21.3 Å². The van der Waals surface area contributed by atoms with E-state index in [0.717, 1.165) is 19.6 Å². The summed E-state index contributed by atoms with van der Waals surface area (Å²) in [4.78, 5) is 1.46. The number of benzene rings is 1. The zero-order chi connectivity index (χ0) is 12.6. The molecule has 1 aromatic rings. The number of nitrogens with one attached hydrogen (secondary N) is 1. The molecule has 1 fully saturated rings. The van der Waals surface area contributed by atoms with Gasteiger partial charge in [-0.3, -0.25) is 0 Å². The minimum absolute atomic E-state index is 0.155. The predicted molar refractivity (Wildman–Crippen MR) is 76.3 cm³/mol. The van der Waals surface area contributed by atoms with Gasteiger partial charge in [0.1, 0.15) is 0 Å². The highest BCUT2D eigenvalue weighted by molar-refractivity contribution is 7.99. The van der Waals surface area contributed by atoms with Gasteiger partial charge in [-0.05, 0) is 31.9 Å². The molecule has 0 aromatic heterocycles. The van der Waals surface area contributed by atoms with Gasteiger partial charge in [-0.15, -0.1) is 11.8 Å². The highest BCUT2D eigenvalue weighted by atomic mass is 32.2. The third-order valence-corrected chi connectivity index (χ3v) is 5.69. The predicted octanol–water partition coefficient (Wildman–Crippen LogP) is 3.03. The van der Waals surface area contributed by atoms with Crippen molar-refractivity contribution in [2.45, 2.75) is 42.7 Å². The number of hydrogen-bond acceptors (Lipinski definition) is 3. The van der Waals surface area contributed by atoms with Crippen molar-refractivity contribution in [3.8, 4) is 0 Å². The maximum atomic E-state index is 5.69. The Hall–Kier alpha value is -0.510. The number of rotatable bonds is 3. The van der Waals surface area contributed by atoms with Gasteiger partial charge in [-0.2, -0.15) is 0 Å². The summed E-state index contributed by atoms with van der Waals surface area (Å²) in [5.41, 5.74) is 1.67. The minimum atomic E-state index is 0.155. The van der Waals surface area contributed by atoms with Gasteiger partial charge in [-0.25, -0.2) is 0 Å². The fourth-order valence-corrected chi connectivity index (χ4v) is 4.08. The summed E-state index contributed by atoms with van der Waals surface area (Å²) in [7, 11) is 0. The quantitative estimate of drug-likeness (QED) is 0.905. The molecule has 18 heavy (non-hydrogen) atoms. The van der Waals surface area contributed by atoms with E-state index < -0.39 is 0 Å². The standard InChI is InChI=1S/C15H21NOS/c1-11-15(2,7-8-17-11)16-9-12-10-18-14-6-4-3-5-13(12)14/h3-6,11-12,16H,7-10H2,1-2H3. The van der Waals surface area contributed by atoms with Gasteiger partial charge in [0, 0.05) is 35.3 Å². The Labute approximate surface area is 113 Å². The third-order valence-electron chi connectivity index (χ3n) is 4.44. The Morgan fingerprint density at radius 1 is 1.44 bits per heavy atom. The van der Waals surface area contributed by atoms with Crippen molar-refractivity contribution in [2.24, 2.45) is 0 Å². The number of thioether (sulfide) groups is 1. The van der Waals surface area contributed by atoms with Crippen LogP contribution in [-0.2, 0) is 4.74 Å². The Morgan fingerprint density at radius 2 is 2.28 bits per heavy atom. The summed E-state index contributed by atoms with van der Waals surface area (Å²) in [5, 5.41) is 3.75. The molecule has 1 N–H and O–H groups in total. The summed E-state index contributed by atoms with van der Waals surface area (Å²) in [6, 6.07) is 8.80. The zero-order valence-electron chi connectivity index (χ0n) is 11.1. The Kier molecular flexibility index (Phi) is 3.39. The van der Waals surface area contributed by atoms with Crippen LogP contribution in [0.5, 0.6) is 0 Å². The van der Waals surface area contributed by atoms with Crippen molar-refractivity contribution in [1.29, 1.82) is 0 Å². The first-order valence-electron chi connectivity index (χ1n) is 6.77. The molecule has 3 atom stereocenters. The van der Waals surface area contributed by atoms with E-state index in [2.05, 4.69) is 43.4 Å². The van der Waals surface area contributed by atoms with Crippen LogP contribution in [0.3, 0.4) is 0 Å². The normalized spacial score (nSPS) is 34.8. The average molecular weight is 263 g/mol. The Bertz CT molecular complexity index is 436. The second kappa shape index (κ2) is 4.87. The van der Waals surface area contributed by atoms with E-state index in [1.807, 2.05) is 11.8 Å². The van der Waals surface area contributed by atoms with Crippen molar-refractivity contribution >= 4 is 11.8 Å². The number of fused-ring (bicyclic) bond motifs is 1. The molecule has 3 rings (SSSR count). The third kappa shape index (κ3) is 2.20. The molecular weight excluding hydrogens is 242 g/mol. The van der Waals surface area contributed by atoms with Gasteiger partial charge < -0.3 is 10.1 Å². The van der Waals surface area contributed by atoms with Gasteiger partial charge in [0.15, 0.2) is 0 Å². The minimum Gasteiger partial charge on any atom is -0.377 e. The molecule has 0 spiro atoms. The molecule has 0 bridgehead atoms. The van der Waals surface area contributed by atoms with Crippen molar-refractivity contribution in [2.75, 3.05) is 18.9 Å². The molecule has 2 aliphatic heterocycles. The molecule has 2 aliphatic rings. The van der Waals surface area contributed by atoms with Crippen LogP contribution in [0.25, 0.3) is 0 Å². The van der Waals surface area contributed by atoms with Gasteiger partial charge in [0.2, 0.25) is 0 Å². The molecule has 3 unspecified atom stereocenters. The molecule has 1 saturated heterocycles. The van der Waals surface area contributed by atoms with E-state index in [9.17, 15) is 0 Å². The van der Waals surface area contributed by atoms with Crippen LogP contribution in [0, 0.1) is 0 Å². The van der Waals surface area contributed by atoms with Crippen molar-refractivity contribution in [1.82, 2.24) is 5.32 Å². The summed E-state index contributed by atoms with van der Waals surface area (Å²) < 4.78 is 5.69. The molecule has 3 heteroatoms. The average Bonchev–Trinajstić information content (AvgIpc) is 2.93. The SMILES string of the molecule is CC1OCCC1(C)NCC1CSc2ccccc21. The summed E-state index contributed by atoms with van der Waals surface area (Å²) >= 11 is 1.99. The van der Waals surface area contributed by atoms with Crippen molar-refractivity contribution in [3.63, 3.8) is 0 Å². The second-order valence-corrected chi connectivity index (χ2v) is 6.67. The van der Waals surface area contributed by atoms with Gasteiger partial charge in [0.25, 0.3) is 0 Å². The maximum absolute atomic E-state index is 5.69. The van der Waals surface area contributed by atoms with Crippen molar-refractivity contribution < 1.29 is 4.74 Å². The lowest BCUT2D eigenvalue weighted by Crippen LogP contribution is -2.49. The van der Waals surface area contributed by atoms with E-state index in [0.29, 0.717) is 12.0 Å².